The molecule has 1 heterocycles. The predicted octanol–water partition coefficient (Wildman–Crippen LogP) is 0.489. The largest absolute Gasteiger partial charge is 0.493 e. The summed E-state index contributed by atoms with van der Waals surface area (Å²) in [6.45, 7) is 2.11. The van der Waals surface area contributed by atoms with Crippen LogP contribution in [0, 0.1) is 0 Å². The Bertz CT molecular complexity index is 605. The van der Waals surface area contributed by atoms with Gasteiger partial charge in [-0.1, -0.05) is 0 Å². The van der Waals surface area contributed by atoms with Gasteiger partial charge in [0.1, 0.15) is 0 Å². The number of hydrogen-bond donors (Lipinski definition) is 3. The number of amides is 3. The minimum atomic E-state index is -0.621. The summed E-state index contributed by atoms with van der Waals surface area (Å²) in [4.78, 5) is 25.6. The van der Waals surface area contributed by atoms with E-state index in [9.17, 15) is 9.59 Å². The van der Waals surface area contributed by atoms with Gasteiger partial charge in [0, 0.05) is 31.3 Å². The van der Waals surface area contributed by atoms with Crippen LogP contribution in [-0.2, 0) is 4.79 Å². The van der Waals surface area contributed by atoms with Crippen molar-refractivity contribution >= 4 is 17.6 Å². The van der Waals surface area contributed by atoms with Crippen LogP contribution in [0.15, 0.2) is 18.2 Å². The van der Waals surface area contributed by atoms with Crippen molar-refractivity contribution in [1.29, 1.82) is 0 Å². The number of urea groups is 1. The number of nitrogens with zero attached hydrogens (tertiary/aromatic N) is 1. The number of nitrogens with one attached hydrogen (secondary N) is 2. The summed E-state index contributed by atoms with van der Waals surface area (Å²) in [5, 5.41) is 14.4. The second-order valence-electron chi connectivity index (χ2n) is 5.65. The molecule has 0 saturated carbocycles. The number of benzene rings is 1. The van der Waals surface area contributed by atoms with Crippen LogP contribution in [0.2, 0.25) is 0 Å². The molecule has 0 radical (unpaired) electrons. The Kier molecular flexibility index (Phi) is 5.86. The fourth-order valence-corrected chi connectivity index (χ4v) is 2.52. The van der Waals surface area contributed by atoms with E-state index >= 15 is 0 Å². The smallest absolute Gasteiger partial charge is 0.315 e. The molecule has 132 valence electrons. The number of carbonyl (C=O) groups is 2. The number of rotatable bonds is 6. The average Bonchev–Trinajstić information content (AvgIpc) is 2.92. The molecular weight excluding hydrogens is 314 g/mol. The normalized spacial score (nSPS) is 18.2. The molecule has 1 aliphatic heterocycles. The Balaban J connectivity index is 2.01. The lowest BCUT2D eigenvalue weighted by Gasteiger charge is -2.19. The van der Waals surface area contributed by atoms with Gasteiger partial charge in [-0.2, -0.15) is 0 Å². The Labute approximate surface area is 140 Å². The van der Waals surface area contributed by atoms with Gasteiger partial charge < -0.3 is 30.1 Å². The summed E-state index contributed by atoms with van der Waals surface area (Å²) < 4.78 is 10.4. The number of ether oxygens (including phenoxy) is 2. The van der Waals surface area contributed by atoms with Crippen molar-refractivity contribution in [2.75, 3.05) is 32.2 Å². The summed E-state index contributed by atoms with van der Waals surface area (Å²) in [7, 11) is 3.08. The van der Waals surface area contributed by atoms with Gasteiger partial charge in [-0.05, 0) is 19.1 Å². The van der Waals surface area contributed by atoms with Crippen molar-refractivity contribution in [3.05, 3.63) is 18.2 Å². The van der Waals surface area contributed by atoms with Gasteiger partial charge in [0.25, 0.3) is 0 Å². The highest BCUT2D eigenvalue weighted by Crippen LogP contribution is 2.33. The van der Waals surface area contributed by atoms with Crippen LogP contribution in [0.25, 0.3) is 0 Å². The monoisotopic (exact) mass is 337 g/mol. The maximum absolute atomic E-state index is 12.2. The summed E-state index contributed by atoms with van der Waals surface area (Å²) in [6, 6.07) is 4.54. The standard InChI is InChI=1S/C16H23N3O5/c1-10(20)8-17-16(22)18-11-6-15(21)19(9-11)12-4-5-13(23-2)14(7-12)24-3/h4-5,7,10-11,20H,6,8-9H2,1-3H3,(H2,17,18,22)/t10-,11-/m0/s1. The van der Waals surface area contributed by atoms with E-state index in [1.165, 1.54) is 7.11 Å². The minimum absolute atomic E-state index is 0.0805. The maximum Gasteiger partial charge on any atom is 0.315 e. The number of methoxy groups -OCH3 is 2. The number of carbonyl (C=O) groups excluding carboxylic acids is 2. The molecule has 8 nitrogen and oxygen atoms in total. The van der Waals surface area contributed by atoms with Crippen LogP contribution < -0.4 is 25.0 Å². The zero-order valence-electron chi connectivity index (χ0n) is 14.0. The average molecular weight is 337 g/mol. The first-order valence-electron chi connectivity index (χ1n) is 7.69. The lowest BCUT2D eigenvalue weighted by atomic mass is 10.2. The first-order chi connectivity index (χ1) is 11.4. The quantitative estimate of drug-likeness (QED) is 0.701. The van der Waals surface area contributed by atoms with Gasteiger partial charge in [-0.3, -0.25) is 4.79 Å². The van der Waals surface area contributed by atoms with Crippen molar-refractivity contribution in [3.63, 3.8) is 0 Å². The Hall–Kier alpha value is -2.48. The van der Waals surface area contributed by atoms with Crippen LogP contribution in [0.5, 0.6) is 11.5 Å². The Morgan fingerprint density at radius 2 is 2.08 bits per heavy atom. The van der Waals surface area contributed by atoms with E-state index < -0.39 is 12.1 Å². The SMILES string of the molecule is COc1ccc(N2C[C@@H](NC(=O)NC[C@H](C)O)CC2=O)cc1OC. The molecule has 0 unspecified atom stereocenters. The van der Waals surface area contributed by atoms with E-state index in [0.717, 1.165) is 0 Å². The second kappa shape index (κ2) is 7.87. The highest BCUT2D eigenvalue weighted by Gasteiger charge is 2.32. The molecular formula is C16H23N3O5. The first kappa shape index (κ1) is 17.9. The number of hydrogen-bond acceptors (Lipinski definition) is 5. The molecule has 1 aromatic carbocycles. The van der Waals surface area contributed by atoms with Gasteiger partial charge in [0.2, 0.25) is 5.91 Å². The van der Waals surface area contributed by atoms with E-state index in [-0.39, 0.29) is 24.9 Å². The highest BCUT2D eigenvalue weighted by molar-refractivity contribution is 5.97. The van der Waals surface area contributed by atoms with Gasteiger partial charge in [0.15, 0.2) is 11.5 Å². The molecule has 2 rings (SSSR count). The molecule has 1 aromatic rings. The van der Waals surface area contributed by atoms with Crippen molar-refractivity contribution in [2.24, 2.45) is 0 Å². The first-order valence-corrected chi connectivity index (χ1v) is 7.69. The molecule has 1 saturated heterocycles. The summed E-state index contributed by atoms with van der Waals surface area (Å²) in [5.41, 5.74) is 0.686. The second-order valence-corrected chi connectivity index (χ2v) is 5.65. The van der Waals surface area contributed by atoms with Crippen LogP contribution in [0.3, 0.4) is 0 Å². The van der Waals surface area contributed by atoms with Crippen LogP contribution >= 0.6 is 0 Å². The Morgan fingerprint density at radius 3 is 2.71 bits per heavy atom. The summed E-state index contributed by atoms with van der Waals surface area (Å²) in [5.74, 6) is 1.04. The van der Waals surface area contributed by atoms with Gasteiger partial charge in [-0.25, -0.2) is 4.79 Å². The van der Waals surface area contributed by atoms with Crippen molar-refractivity contribution in [2.45, 2.75) is 25.5 Å². The zero-order chi connectivity index (χ0) is 17.7. The third-order valence-corrected chi connectivity index (χ3v) is 3.70. The number of aliphatic hydroxyl groups is 1. The zero-order valence-corrected chi connectivity index (χ0v) is 14.0. The van der Waals surface area contributed by atoms with E-state index in [2.05, 4.69) is 10.6 Å². The summed E-state index contributed by atoms with van der Waals surface area (Å²) >= 11 is 0. The van der Waals surface area contributed by atoms with Crippen molar-refractivity contribution < 1.29 is 24.2 Å². The molecule has 0 bridgehead atoms. The van der Waals surface area contributed by atoms with Crippen LogP contribution in [0.1, 0.15) is 13.3 Å². The predicted molar refractivity (Wildman–Crippen MR) is 88.5 cm³/mol. The summed E-state index contributed by atoms with van der Waals surface area (Å²) in [6.07, 6.45) is -0.402. The van der Waals surface area contributed by atoms with E-state index in [0.29, 0.717) is 23.7 Å². The topological polar surface area (TPSA) is 100 Å². The minimum Gasteiger partial charge on any atom is -0.493 e. The van der Waals surface area contributed by atoms with E-state index in [4.69, 9.17) is 14.6 Å². The molecule has 2 atom stereocenters. The molecule has 1 aliphatic rings. The fourth-order valence-electron chi connectivity index (χ4n) is 2.52. The molecule has 3 N–H and O–H groups in total. The molecule has 0 aliphatic carbocycles. The lowest BCUT2D eigenvalue weighted by Crippen LogP contribution is -2.45. The third-order valence-electron chi connectivity index (χ3n) is 3.70. The molecule has 0 aromatic heterocycles. The molecule has 8 heteroatoms. The number of anilines is 1. The van der Waals surface area contributed by atoms with Crippen molar-refractivity contribution in [1.82, 2.24) is 10.6 Å². The molecule has 3 amide bonds. The van der Waals surface area contributed by atoms with Crippen molar-refractivity contribution in [3.8, 4) is 11.5 Å². The van der Waals surface area contributed by atoms with Gasteiger partial charge in [0.05, 0.1) is 26.4 Å². The highest BCUT2D eigenvalue weighted by atomic mass is 16.5. The number of aliphatic hydroxyl groups excluding tert-OH is 1. The molecule has 1 fully saturated rings. The molecule has 24 heavy (non-hydrogen) atoms. The molecule has 0 spiro atoms. The van der Waals surface area contributed by atoms with Crippen LogP contribution in [-0.4, -0.2) is 56.5 Å². The Morgan fingerprint density at radius 1 is 1.38 bits per heavy atom. The van der Waals surface area contributed by atoms with Crippen LogP contribution in [0.4, 0.5) is 10.5 Å². The third kappa shape index (κ3) is 4.29. The fraction of sp³-hybridized carbons (Fsp3) is 0.500. The van der Waals surface area contributed by atoms with E-state index in [1.54, 1.807) is 37.1 Å². The maximum atomic E-state index is 12.2. The van der Waals surface area contributed by atoms with Gasteiger partial charge in [-0.15, -0.1) is 0 Å². The van der Waals surface area contributed by atoms with Gasteiger partial charge >= 0.3 is 6.03 Å². The lowest BCUT2D eigenvalue weighted by molar-refractivity contribution is -0.117. The van der Waals surface area contributed by atoms with E-state index in [1.807, 2.05) is 0 Å².